The van der Waals surface area contributed by atoms with Gasteiger partial charge in [-0.25, -0.2) is 13.4 Å². The number of hydrogen-bond donors (Lipinski definition) is 0. The van der Waals surface area contributed by atoms with E-state index < -0.39 is 10.0 Å². The van der Waals surface area contributed by atoms with Gasteiger partial charge in [-0.05, 0) is 27.2 Å². The van der Waals surface area contributed by atoms with Gasteiger partial charge in [0.2, 0.25) is 10.0 Å². The predicted octanol–water partition coefficient (Wildman–Crippen LogP) is 2.27. The second-order valence-corrected chi connectivity index (χ2v) is 11.4. The molecule has 22 heavy (non-hydrogen) atoms. The summed E-state index contributed by atoms with van der Waals surface area (Å²) in [4.78, 5) is 4.41. The summed E-state index contributed by atoms with van der Waals surface area (Å²) in [5.41, 5.74) is 0.992. The van der Waals surface area contributed by atoms with Crippen molar-refractivity contribution < 1.29 is 13.2 Å². The van der Waals surface area contributed by atoms with Crippen LogP contribution in [0.2, 0.25) is 0 Å². The average molecular weight is 363 g/mol. The van der Waals surface area contributed by atoms with Gasteiger partial charge in [-0.1, -0.05) is 0 Å². The van der Waals surface area contributed by atoms with Gasteiger partial charge in [-0.2, -0.15) is 4.31 Å². The van der Waals surface area contributed by atoms with Crippen molar-refractivity contribution in [1.82, 2.24) is 9.29 Å². The Morgan fingerprint density at radius 2 is 2.23 bits per heavy atom. The van der Waals surface area contributed by atoms with Crippen LogP contribution < -0.4 is 0 Å². The van der Waals surface area contributed by atoms with Crippen molar-refractivity contribution in [2.75, 3.05) is 18.8 Å². The van der Waals surface area contributed by atoms with Crippen molar-refractivity contribution >= 4 is 33.1 Å². The second-order valence-electron chi connectivity index (χ2n) is 6.35. The lowest BCUT2D eigenvalue weighted by Crippen LogP contribution is -2.61. The number of hydrogen-bond acceptors (Lipinski definition) is 6. The van der Waals surface area contributed by atoms with E-state index >= 15 is 0 Å². The van der Waals surface area contributed by atoms with E-state index in [2.05, 4.69) is 4.98 Å². The molecule has 1 spiro atoms. The summed E-state index contributed by atoms with van der Waals surface area (Å²) in [7, 11) is -3.10. The van der Waals surface area contributed by atoms with Crippen LogP contribution in [-0.4, -0.2) is 52.7 Å². The number of nitrogens with zero attached hydrogens (tertiary/aromatic N) is 2. The van der Waals surface area contributed by atoms with Gasteiger partial charge >= 0.3 is 0 Å². The van der Waals surface area contributed by atoms with E-state index in [1.807, 2.05) is 24.1 Å². The van der Waals surface area contributed by atoms with Crippen LogP contribution in [0.5, 0.6) is 0 Å². The third kappa shape index (κ3) is 3.21. The van der Waals surface area contributed by atoms with E-state index in [-0.39, 0.29) is 16.1 Å². The highest BCUT2D eigenvalue weighted by Crippen LogP contribution is 2.47. The van der Waals surface area contributed by atoms with E-state index in [0.717, 1.165) is 22.9 Å². The fourth-order valence-electron chi connectivity index (χ4n) is 2.88. The topological polar surface area (TPSA) is 59.5 Å². The Kier molecular flexibility index (Phi) is 4.59. The molecule has 0 aromatic carbocycles. The largest absolute Gasteiger partial charge is 0.371 e. The minimum Gasteiger partial charge on any atom is -0.371 e. The first-order valence-corrected chi connectivity index (χ1v) is 10.8. The van der Waals surface area contributed by atoms with Crippen molar-refractivity contribution in [3.63, 3.8) is 0 Å². The lowest BCUT2D eigenvalue weighted by molar-refractivity contribution is 0.0382. The Morgan fingerprint density at radius 1 is 1.50 bits per heavy atom. The lowest BCUT2D eigenvalue weighted by Gasteiger charge is -2.47. The van der Waals surface area contributed by atoms with Crippen LogP contribution in [0.25, 0.3) is 0 Å². The molecule has 1 aromatic heterocycles. The van der Waals surface area contributed by atoms with Crippen molar-refractivity contribution in [2.45, 2.75) is 49.9 Å². The molecule has 1 unspecified atom stereocenters. The highest BCUT2D eigenvalue weighted by molar-refractivity contribution is 8.01. The van der Waals surface area contributed by atoms with Crippen LogP contribution in [0.4, 0.5) is 0 Å². The van der Waals surface area contributed by atoms with Crippen molar-refractivity contribution in [1.29, 1.82) is 0 Å². The van der Waals surface area contributed by atoms with Crippen LogP contribution in [0.15, 0.2) is 5.38 Å². The molecule has 5 nitrogen and oxygen atoms in total. The van der Waals surface area contributed by atoms with E-state index in [0.29, 0.717) is 19.7 Å². The number of thioether (sulfide) groups is 1. The number of ether oxygens (including phenoxy) is 1. The Morgan fingerprint density at radius 3 is 2.82 bits per heavy atom. The van der Waals surface area contributed by atoms with Crippen LogP contribution in [0.1, 0.15) is 31.0 Å². The number of aryl methyl sites for hydroxylation is 1. The van der Waals surface area contributed by atoms with Gasteiger partial charge in [0.1, 0.15) is 0 Å². The number of sulfonamides is 1. The summed E-state index contributed by atoms with van der Waals surface area (Å²) >= 11 is 3.50. The molecule has 1 aromatic rings. The van der Waals surface area contributed by atoms with E-state index in [9.17, 15) is 8.42 Å². The molecule has 3 rings (SSSR count). The molecule has 3 heterocycles. The third-order valence-electron chi connectivity index (χ3n) is 4.19. The molecule has 0 aliphatic carbocycles. The zero-order chi connectivity index (χ0) is 16.0. The van der Waals surface area contributed by atoms with Crippen LogP contribution in [-0.2, 0) is 21.4 Å². The highest BCUT2D eigenvalue weighted by atomic mass is 32.2. The molecule has 0 radical (unpaired) electrons. The van der Waals surface area contributed by atoms with E-state index in [1.165, 1.54) is 0 Å². The van der Waals surface area contributed by atoms with Gasteiger partial charge < -0.3 is 4.74 Å². The molecule has 2 aliphatic heterocycles. The summed E-state index contributed by atoms with van der Waals surface area (Å²) in [5, 5.41) is 2.76. The smallest absolute Gasteiger partial charge is 0.216 e. The van der Waals surface area contributed by atoms with Gasteiger partial charge in [0.05, 0.1) is 28.7 Å². The number of aromatic nitrogens is 1. The van der Waals surface area contributed by atoms with E-state index in [4.69, 9.17) is 4.74 Å². The summed E-state index contributed by atoms with van der Waals surface area (Å²) < 4.78 is 31.9. The Labute approximate surface area is 140 Å². The maximum absolute atomic E-state index is 12.1. The Hall–Kier alpha value is -0.150. The average Bonchev–Trinajstić information content (AvgIpc) is 3.00. The standard InChI is InChI=1S/C14H22N2O3S3/c1-10(2)22(17,18)16-8-14(9-16)4-13(7-21-14)19-5-12-6-20-11(3)15-12/h6,10,13H,4-5,7-9H2,1-3H3. The van der Waals surface area contributed by atoms with Crippen molar-refractivity contribution in [2.24, 2.45) is 0 Å². The SMILES string of the molecule is Cc1nc(COC2CSC3(C2)CN(S(=O)(=O)C(C)C)C3)cs1. The first-order chi connectivity index (χ1) is 10.3. The van der Waals surface area contributed by atoms with Gasteiger partial charge in [0, 0.05) is 29.0 Å². The zero-order valence-electron chi connectivity index (χ0n) is 13.1. The summed E-state index contributed by atoms with van der Waals surface area (Å²) in [6.45, 7) is 7.29. The maximum Gasteiger partial charge on any atom is 0.216 e. The summed E-state index contributed by atoms with van der Waals surface area (Å²) in [6.07, 6.45) is 1.14. The molecule has 0 amide bonds. The Balaban J connectivity index is 1.49. The minimum atomic E-state index is -3.10. The molecule has 124 valence electrons. The fraction of sp³-hybridized carbons (Fsp3) is 0.786. The lowest BCUT2D eigenvalue weighted by atomic mass is 9.95. The van der Waals surface area contributed by atoms with E-state index in [1.54, 1.807) is 29.5 Å². The maximum atomic E-state index is 12.1. The normalized spacial score (nSPS) is 25.0. The van der Waals surface area contributed by atoms with Crippen LogP contribution >= 0.6 is 23.1 Å². The summed E-state index contributed by atoms with van der Waals surface area (Å²) in [5.74, 6) is 0.943. The molecule has 2 fully saturated rings. The van der Waals surface area contributed by atoms with Gasteiger partial charge in [0.15, 0.2) is 0 Å². The van der Waals surface area contributed by atoms with Gasteiger partial charge in [-0.3, -0.25) is 0 Å². The Bertz CT molecular complexity index is 636. The molecule has 0 bridgehead atoms. The molecular formula is C14H22N2O3S3. The molecule has 0 N–H and O–H groups in total. The van der Waals surface area contributed by atoms with Crippen LogP contribution in [0.3, 0.4) is 0 Å². The third-order valence-corrected chi connectivity index (χ3v) is 8.76. The van der Waals surface area contributed by atoms with Crippen LogP contribution in [0, 0.1) is 6.92 Å². The van der Waals surface area contributed by atoms with Crippen molar-refractivity contribution in [3.05, 3.63) is 16.1 Å². The van der Waals surface area contributed by atoms with Gasteiger partial charge in [-0.15, -0.1) is 23.1 Å². The van der Waals surface area contributed by atoms with Gasteiger partial charge in [0.25, 0.3) is 0 Å². The zero-order valence-corrected chi connectivity index (χ0v) is 15.6. The summed E-state index contributed by atoms with van der Waals surface area (Å²) in [6, 6.07) is 0. The molecule has 1 atom stereocenters. The first kappa shape index (κ1) is 16.7. The first-order valence-electron chi connectivity index (χ1n) is 7.46. The monoisotopic (exact) mass is 362 g/mol. The molecule has 0 saturated carbocycles. The second kappa shape index (κ2) is 6.05. The number of thiazole rings is 1. The molecule has 2 saturated heterocycles. The molecule has 8 heteroatoms. The quantitative estimate of drug-likeness (QED) is 0.804. The molecular weight excluding hydrogens is 340 g/mol. The minimum absolute atomic E-state index is 0.0740. The number of rotatable bonds is 5. The molecule has 2 aliphatic rings. The highest BCUT2D eigenvalue weighted by Gasteiger charge is 2.53. The predicted molar refractivity (Wildman–Crippen MR) is 90.9 cm³/mol. The fourth-order valence-corrected chi connectivity index (χ4v) is 6.64. The van der Waals surface area contributed by atoms with Crippen molar-refractivity contribution in [3.8, 4) is 0 Å².